The van der Waals surface area contributed by atoms with Crippen molar-refractivity contribution in [2.24, 2.45) is 0 Å². The van der Waals surface area contributed by atoms with Gasteiger partial charge in [0.25, 0.3) is 11.7 Å². The first-order chi connectivity index (χ1) is 16.5. The van der Waals surface area contributed by atoms with Crippen molar-refractivity contribution in [3.05, 3.63) is 71.0 Å². The van der Waals surface area contributed by atoms with Gasteiger partial charge in [-0.25, -0.2) is 4.39 Å². The fourth-order valence-electron chi connectivity index (χ4n) is 4.99. The Morgan fingerprint density at radius 3 is 2.41 bits per heavy atom. The van der Waals surface area contributed by atoms with E-state index in [1.807, 2.05) is 0 Å². The third kappa shape index (κ3) is 4.86. The molecule has 6 heteroatoms. The van der Waals surface area contributed by atoms with E-state index in [4.69, 9.17) is 4.74 Å². The lowest BCUT2D eigenvalue weighted by molar-refractivity contribution is -0.141. The highest BCUT2D eigenvalue weighted by atomic mass is 19.1. The molecule has 180 valence electrons. The fraction of sp³-hybridized carbons (Fsp3) is 0.429. The highest BCUT2D eigenvalue weighted by Gasteiger charge is 2.49. The van der Waals surface area contributed by atoms with Crippen molar-refractivity contribution in [2.75, 3.05) is 6.61 Å². The molecule has 34 heavy (non-hydrogen) atoms. The molecule has 1 aliphatic carbocycles. The van der Waals surface area contributed by atoms with Crippen molar-refractivity contribution in [1.82, 2.24) is 4.90 Å². The summed E-state index contributed by atoms with van der Waals surface area (Å²) in [5.74, 6) is -1.56. The number of rotatable bonds is 8. The summed E-state index contributed by atoms with van der Waals surface area (Å²) in [7, 11) is 0. The predicted octanol–water partition coefficient (Wildman–Crippen LogP) is 6.15. The fourth-order valence-corrected chi connectivity index (χ4v) is 4.99. The van der Waals surface area contributed by atoms with Crippen molar-refractivity contribution in [3.63, 3.8) is 0 Å². The van der Waals surface area contributed by atoms with Crippen LogP contribution in [0.5, 0.6) is 5.75 Å². The molecule has 5 nitrogen and oxygen atoms in total. The Kier molecular flexibility index (Phi) is 7.66. The molecule has 1 aliphatic heterocycles. The maximum atomic E-state index is 14.9. The average molecular weight is 466 g/mol. The molecule has 1 heterocycles. The van der Waals surface area contributed by atoms with Crippen molar-refractivity contribution < 1.29 is 23.8 Å². The van der Waals surface area contributed by atoms with Crippen LogP contribution < -0.4 is 4.74 Å². The van der Waals surface area contributed by atoms with Crippen LogP contribution in [0.25, 0.3) is 5.76 Å². The zero-order valence-corrected chi connectivity index (χ0v) is 19.6. The molecule has 2 aliphatic rings. The zero-order valence-electron chi connectivity index (χ0n) is 19.6. The van der Waals surface area contributed by atoms with E-state index in [-0.39, 0.29) is 22.9 Å². The largest absolute Gasteiger partial charge is 0.507 e. The number of carbonyl (C=O) groups excluding carboxylic acids is 2. The minimum absolute atomic E-state index is 0.0581. The monoisotopic (exact) mass is 465 g/mol. The number of ether oxygens (including phenoxy) is 1. The minimum atomic E-state index is -0.950. The summed E-state index contributed by atoms with van der Waals surface area (Å²) in [6, 6.07) is 11.9. The Morgan fingerprint density at radius 2 is 1.74 bits per heavy atom. The highest BCUT2D eigenvalue weighted by Crippen LogP contribution is 2.43. The quantitative estimate of drug-likeness (QED) is 0.220. The van der Waals surface area contributed by atoms with Gasteiger partial charge in [-0.2, -0.15) is 0 Å². The normalized spacial score (nSPS) is 20.6. The van der Waals surface area contributed by atoms with E-state index >= 15 is 0 Å². The maximum Gasteiger partial charge on any atom is 0.295 e. The van der Waals surface area contributed by atoms with E-state index in [9.17, 15) is 19.1 Å². The van der Waals surface area contributed by atoms with Crippen LogP contribution in [-0.2, 0) is 9.59 Å². The number of nitrogens with zero attached hydrogens (tertiary/aromatic N) is 1. The Hall–Kier alpha value is -3.15. The van der Waals surface area contributed by atoms with Crippen molar-refractivity contribution in [3.8, 4) is 5.75 Å². The Morgan fingerprint density at radius 1 is 1.03 bits per heavy atom. The topological polar surface area (TPSA) is 66.8 Å². The van der Waals surface area contributed by atoms with Gasteiger partial charge in [0.2, 0.25) is 0 Å². The molecule has 2 fully saturated rings. The zero-order chi connectivity index (χ0) is 24.1. The molecule has 0 spiro atoms. The minimum Gasteiger partial charge on any atom is -0.507 e. The Bertz CT molecular complexity index is 1060. The van der Waals surface area contributed by atoms with Gasteiger partial charge in [-0.1, -0.05) is 57.2 Å². The van der Waals surface area contributed by atoms with E-state index < -0.39 is 23.5 Å². The summed E-state index contributed by atoms with van der Waals surface area (Å²) in [5.41, 5.74) is 0.561. The molecule has 1 unspecified atom stereocenters. The van der Waals surface area contributed by atoms with Crippen LogP contribution >= 0.6 is 0 Å². The molecule has 1 atom stereocenters. The lowest BCUT2D eigenvalue weighted by Gasteiger charge is -2.35. The van der Waals surface area contributed by atoms with E-state index in [1.165, 1.54) is 11.0 Å². The van der Waals surface area contributed by atoms with Crippen molar-refractivity contribution in [1.29, 1.82) is 0 Å². The highest BCUT2D eigenvalue weighted by molar-refractivity contribution is 6.46. The Labute approximate surface area is 200 Å². The van der Waals surface area contributed by atoms with Gasteiger partial charge in [-0.05, 0) is 49.6 Å². The van der Waals surface area contributed by atoms with E-state index in [0.717, 1.165) is 51.4 Å². The number of unbranched alkanes of at least 4 members (excludes halogenated alkanes) is 2. The standard InChI is InChI=1S/C28H32FNO4/c1-2-3-9-18-34-21-16-14-19(15-17-21)26(31)24-25(22-12-7-8-13-23(22)29)30(28(33)27(24)32)20-10-5-4-6-11-20/h7-8,12-17,20,25,31H,2-6,9-11,18H2,1H3/b26-24-. The summed E-state index contributed by atoms with van der Waals surface area (Å²) >= 11 is 0. The number of aliphatic hydroxyl groups is 1. The summed E-state index contributed by atoms with van der Waals surface area (Å²) in [5, 5.41) is 11.2. The molecule has 2 aromatic rings. The molecule has 0 bridgehead atoms. The molecule has 1 saturated carbocycles. The first-order valence-corrected chi connectivity index (χ1v) is 12.3. The molecular formula is C28H32FNO4. The number of hydrogen-bond donors (Lipinski definition) is 1. The maximum absolute atomic E-state index is 14.9. The van der Waals surface area contributed by atoms with Gasteiger partial charge < -0.3 is 14.7 Å². The molecule has 1 saturated heterocycles. The molecule has 4 rings (SSSR count). The van der Waals surface area contributed by atoms with Gasteiger partial charge in [-0.15, -0.1) is 0 Å². The Balaban J connectivity index is 1.71. The molecule has 1 amide bonds. The molecule has 2 aromatic carbocycles. The van der Waals surface area contributed by atoms with Crippen LogP contribution in [0.2, 0.25) is 0 Å². The van der Waals surface area contributed by atoms with Crippen LogP contribution in [0.1, 0.15) is 75.5 Å². The number of ketones is 1. The van der Waals surface area contributed by atoms with Gasteiger partial charge in [0.15, 0.2) is 0 Å². The first-order valence-electron chi connectivity index (χ1n) is 12.3. The molecule has 0 radical (unpaired) electrons. The second kappa shape index (κ2) is 10.9. The van der Waals surface area contributed by atoms with Crippen LogP contribution in [0.4, 0.5) is 4.39 Å². The third-order valence-corrected chi connectivity index (χ3v) is 6.79. The van der Waals surface area contributed by atoms with E-state index in [2.05, 4.69) is 6.92 Å². The summed E-state index contributed by atoms with van der Waals surface area (Å²) in [6.07, 6.45) is 7.69. The number of halogens is 1. The van der Waals surface area contributed by atoms with Gasteiger partial charge in [0.05, 0.1) is 18.2 Å². The van der Waals surface area contributed by atoms with E-state index in [0.29, 0.717) is 17.9 Å². The average Bonchev–Trinajstić information content (AvgIpc) is 3.13. The number of Topliss-reactive ketones (excluding diaryl/α,β-unsaturated/α-hetero) is 1. The number of aliphatic hydroxyl groups excluding tert-OH is 1. The van der Waals surface area contributed by atoms with Gasteiger partial charge in [0.1, 0.15) is 17.3 Å². The summed E-state index contributed by atoms with van der Waals surface area (Å²) in [4.78, 5) is 27.9. The number of hydrogen-bond acceptors (Lipinski definition) is 4. The van der Waals surface area contributed by atoms with Gasteiger partial charge in [0, 0.05) is 17.2 Å². The third-order valence-electron chi connectivity index (χ3n) is 6.79. The van der Waals surface area contributed by atoms with Gasteiger partial charge in [-0.3, -0.25) is 9.59 Å². The van der Waals surface area contributed by atoms with Crippen LogP contribution in [0.3, 0.4) is 0 Å². The molecular weight excluding hydrogens is 433 g/mol. The second-order valence-corrected chi connectivity index (χ2v) is 9.10. The van der Waals surface area contributed by atoms with E-state index in [1.54, 1.807) is 42.5 Å². The predicted molar refractivity (Wildman–Crippen MR) is 129 cm³/mol. The van der Waals surface area contributed by atoms with Crippen LogP contribution in [0.15, 0.2) is 54.1 Å². The van der Waals surface area contributed by atoms with Gasteiger partial charge >= 0.3 is 0 Å². The van der Waals surface area contributed by atoms with Crippen LogP contribution in [0, 0.1) is 5.82 Å². The first kappa shape index (κ1) is 24.0. The lowest BCUT2D eigenvalue weighted by Crippen LogP contribution is -2.40. The van der Waals surface area contributed by atoms with Crippen LogP contribution in [-0.4, -0.2) is 34.3 Å². The summed E-state index contributed by atoms with van der Waals surface area (Å²) in [6.45, 7) is 2.74. The smallest absolute Gasteiger partial charge is 0.295 e. The van der Waals surface area contributed by atoms with Crippen molar-refractivity contribution in [2.45, 2.75) is 70.4 Å². The second-order valence-electron chi connectivity index (χ2n) is 9.10. The van der Waals surface area contributed by atoms with Crippen molar-refractivity contribution >= 4 is 17.4 Å². The molecule has 1 N–H and O–H groups in total. The number of carbonyl (C=O) groups is 2. The lowest BCUT2D eigenvalue weighted by atomic mass is 9.90. The number of benzene rings is 2. The number of amides is 1. The number of likely N-dealkylation sites (tertiary alicyclic amines) is 1. The molecule has 0 aromatic heterocycles. The summed E-state index contributed by atoms with van der Waals surface area (Å²) < 4.78 is 20.7. The SMILES string of the molecule is CCCCCOc1ccc(/C(O)=C2/C(=O)C(=O)N(C3CCCCC3)C2c2ccccc2F)cc1.